The number of amides is 1. The van der Waals surface area contributed by atoms with Gasteiger partial charge in [-0.2, -0.15) is 0 Å². The number of carbonyl (C=O) groups excluding carboxylic acids is 1. The molecule has 0 saturated carbocycles. The van der Waals surface area contributed by atoms with Crippen LogP contribution in [0.5, 0.6) is 0 Å². The van der Waals surface area contributed by atoms with Crippen LogP contribution in [0.3, 0.4) is 0 Å². The van der Waals surface area contributed by atoms with Gasteiger partial charge < -0.3 is 10.4 Å². The lowest BCUT2D eigenvalue weighted by molar-refractivity contribution is -0.140. The Kier molecular flexibility index (Phi) is 4.16. The van der Waals surface area contributed by atoms with Crippen LogP contribution >= 0.6 is 0 Å². The Labute approximate surface area is 139 Å². The lowest BCUT2D eigenvalue weighted by atomic mass is 10.00. The van der Waals surface area contributed by atoms with Gasteiger partial charge in [-0.15, -0.1) is 0 Å². The van der Waals surface area contributed by atoms with Gasteiger partial charge in [-0.1, -0.05) is 50.2 Å². The average molecular weight is 322 g/mol. The summed E-state index contributed by atoms with van der Waals surface area (Å²) < 4.78 is 0. The molecule has 5 heteroatoms. The van der Waals surface area contributed by atoms with Crippen molar-refractivity contribution in [3.05, 3.63) is 54.1 Å². The van der Waals surface area contributed by atoms with Gasteiger partial charge in [0, 0.05) is 10.8 Å². The van der Waals surface area contributed by atoms with Crippen molar-refractivity contribution in [3.63, 3.8) is 0 Å². The Morgan fingerprint density at radius 1 is 0.958 bits per heavy atom. The fourth-order valence-corrected chi connectivity index (χ4v) is 2.81. The third kappa shape index (κ3) is 2.80. The Morgan fingerprint density at radius 3 is 1.92 bits per heavy atom. The van der Waals surface area contributed by atoms with E-state index in [1.54, 1.807) is 13.8 Å². The van der Waals surface area contributed by atoms with Crippen molar-refractivity contribution in [1.29, 1.82) is 0 Å². The molecule has 0 aliphatic carbocycles. The average Bonchev–Trinajstić information content (AvgIpc) is 2.56. The van der Waals surface area contributed by atoms with E-state index < -0.39 is 17.9 Å². The number of carbonyl (C=O) groups is 2. The topological polar surface area (TPSA) is 79.3 Å². The summed E-state index contributed by atoms with van der Waals surface area (Å²) in [4.78, 5) is 28.9. The molecular formula is C19H18N2O3. The monoisotopic (exact) mass is 322 g/mol. The minimum atomic E-state index is -1.04. The summed E-state index contributed by atoms with van der Waals surface area (Å²) in [6, 6.07) is 13.8. The number of pyridine rings is 1. The third-order valence-electron chi connectivity index (χ3n) is 4.03. The number of nitrogens with one attached hydrogen (secondary N) is 1. The molecule has 0 unspecified atom stereocenters. The number of carboxylic acid groups (broad SMARTS) is 1. The molecule has 5 nitrogen and oxygen atoms in total. The van der Waals surface area contributed by atoms with Crippen LogP contribution in [0.25, 0.3) is 21.8 Å². The second kappa shape index (κ2) is 6.28. The Hall–Kier alpha value is -2.95. The van der Waals surface area contributed by atoms with Crippen molar-refractivity contribution in [2.24, 2.45) is 5.92 Å². The molecule has 0 spiro atoms. The van der Waals surface area contributed by atoms with E-state index in [0.29, 0.717) is 27.4 Å². The van der Waals surface area contributed by atoms with Gasteiger partial charge in [-0.3, -0.25) is 4.79 Å². The molecular weight excluding hydrogens is 304 g/mol. The van der Waals surface area contributed by atoms with E-state index in [2.05, 4.69) is 10.3 Å². The summed E-state index contributed by atoms with van der Waals surface area (Å²) in [7, 11) is 0. The molecule has 3 aromatic rings. The number of fused-ring (bicyclic) bond motifs is 2. The largest absolute Gasteiger partial charge is 0.480 e. The van der Waals surface area contributed by atoms with Gasteiger partial charge in [0.25, 0.3) is 5.91 Å². The van der Waals surface area contributed by atoms with Gasteiger partial charge in [0.2, 0.25) is 0 Å². The number of aromatic nitrogens is 1. The minimum Gasteiger partial charge on any atom is -0.480 e. The van der Waals surface area contributed by atoms with Crippen molar-refractivity contribution < 1.29 is 14.7 Å². The fraction of sp³-hybridized carbons (Fsp3) is 0.211. The van der Waals surface area contributed by atoms with Crippen molar-refractivity contribution >= 4 is 33.7 Å². The van der Waals surface area contributed by atoms with Gasteiger partial charge in [0.15, 0.2) is 0 Å². The van der Waals surface area contributed by atoms with Crippen LogP contribution in [-0.4, -0.2) is 28.0 Å². The molecule has 2 N–H and O–H groups in total. The Morgan fingerprint density at radius 2 is 1.46 bits per heavy atom. The Balaban J connectivity index is 2.18. The standard InChI is InChI=1S/C19H18N2O3/c1-11(2)17(19(23)24)21-18(22)16-12-7-3-5-9-14(12)20-15-10-6-4-8-13(15)16/h3-11,17H,1-2H3,(H,21,22)(H,23,24)/t17-/m0/s1. The fourth-order valence-electron chi connectivity index (χ4n) is 2.81. The maximum atomic E-state index is 12.9. The van der Waals surface area contributed by atoms with E-state index in [1.165, 1.54) is 0 Å². The maximum absolute atomic E-state index is 12.9. The summed E-state index contributed by atoms with van der Waals surface area (Å²) in [5.74, 6) is -1.65. The Bertz CT molecular complexity index is 880. The highest BCUT2D eigenvalue weighted by Gasteiger charge is 2.25. The van der Waals surface area contributed by atoms with Crippen molar-refractivity contribution in [2.45, 2.75) is 19.9 Å². The van der Waals surface area contributed by atoms with E-state index in [1.807, 2.05) is 48.5 Å². The van der Waals surface area contributed by atoms with E-state index >= 15 is 0 Å². The predicted octanol–water partition coefficient (Wildman–Crippen LogP) is 3.23. The van der Waals surface area contributed by atoms with Crippen LogP contribution in [0.1, 0.15) is 24.2 Å². The zero-order valence-electron chi connectivity index (χ0n) is 13.5. The molecule has 1 atom stereocenters. The van der Waals surface area contributed by atoms with Crippen LogP contribution in [-0.2, 0) is 4.79 Å². The molecule has 0 radical (unpaired) electrons. The SMILES string of the molecule is CC(C)[C@H](NC(=O)c1c2ccccc2nc2ccccc12)C(=O)O. The second-order valence-electron chi connectivity index (χ2n) is 6.05. The molecule has 0 aliphatic heterocycles. The number of aliphatic carboxylic acids is 1. The highest BCUT2D eigenvalue weighted by molar-refractivity contribution is 6.16. The smallest absolute Gasteiger partial charge is 0.326 e. The van der Waals surface area contributed by atoms with Gasteiger partial charge in [-0.05, 0) is 18.1 Å². The molecule has 122 valence electrons. The summed E-state index contributed by atoms with van der Waals surface area (Å²) in [6.45, 7) is 3.53. The van der Waals surface area contributed by atoms with Crippen molar-refractivity contribution in [3.8, 4) is 0 Å². The highest BCUT2D eigenvalue weighted by atomic mass is 16.4. The first-order valence-corrected chi connectivity index (χ1v) is 7.80. The molecule has 24 heavy (non-hydrogen) atoms. The number of carboxylic acids is 1. The lowest BCUT2D eigenvalue weighted by Gasteiger charge is -2.19. The molecule has 0 fully saturated rings. The van der Waals surface area contributed by atoms with Crippen molar-refractivity contribution in [2.75, 3.05) is 0 Å². The zero-order valence-corrected chi connectivity index (χ0v) is 13.5. The lowest BCUT2D eigenvalue weighted by Crippen LogP contribution is -2.44. The molecule has 0 aliphatic rings. The van der Waals surface area contributed by atoms with E-state index in [4.69, 9.17) is 0 Å². The number of rotatable bonds is 4. The first-order chi connectivity index (χ1) is 11.5. The van der Waals surface area contributed by atoms with E-state index in [9.17, 15) is 14.7 Å². The van der Waals surface area contributed by atoms with E-state index in [0.717, 1.165) is 0 Å². The van der Waals surface area contributed by atoms with Gasteiger partial charge >= 0.3 is 5.97 Å². The van der Waals surface area contributed by atoms with Gasteiger partial charge in [0.1, 0.15) is 6.04 Å². The molecule has 1 aromatic heterocycles. The summed E-state index contributed by atoms with van der Waals surface area (Å²) >= 11 is 0. The summed E-state index contributed by atoms with van der Waals surface area (Å²) in [6.07, 6.45) is 0. The summed E-state index contributed by atoms with van der Waals surface area (Å²) in [5.41, 5.74) is 1.87. The van der Waals surface area contributed by atoms with Crippen molar-refractivity contribution in [1.82, 2.24) is 10.3 Å². The van der Waals surface area contributed by atoms with E-state index in [-0.39, 0.29) is 5.92 Å². The number of nitrogens with zero attached hydrogens (tertiary/aromatic N) is 1. The number of hydrogen-bond donors (Lipinski definition) is 2. The van der Waals surface area contributed by atoms with Gasteiger partial charge in [-0.25, -0.2) is 9.78 Å². The molecule has 3 rings (SSSR count). The quantitative estimate of drug-likeness (QED) is 0.723. The predicted molar refractivity (Wildman–Crippen MR) is 93.0 cm³/mol. The van der Waals surface area contributed by atoms with Crippen LogP contribution in [0, 0.1) is 5.92 Å². The third-order valence-corrected chi connectivity index (χ3v) is 4.03. The number of para-hydroxylation sites is 2. The number of benzene rings is 2. The number of hydrogen-bond acceptors (Lipinski definition) is 3. The molecule has 1 heterocycles. The highest BCUT2D eigenvalue weighted by Crippen LogP contribution is 2.26. The maximum Gasteiger partial charge on any atom is 0.326 e. The molecule has 0 saturated heterocycles. The second-order valence-corrected chi connectivity index (χ2v) is 6.05. The first-order valence-electron chi connectivity index (χ1n) is 7.80. The van der Waals surface area contributed by atoms with Gasteiger partial charge in [0.05, 0.1) is 16.6 Å². The molecule has 0 bridgehead atoms. The molecule has 1 amide bonds. The normalized spacial score (nSPS) is 12.5. The summed E-state index contributed by atoms with van der Waals surface area (Å²) in [5, 5.41) is 13.4. The first kappa shape index (κ1) is 15.9. The van der Waals surface area contributed by atoms with Crippen LogP contribution < -0.4 is 5.32 Å². The van der Waals surface area contributed by atoms with Crippen LogP contribution in [0.15, 0.2) is 48.5 Å². The minimum absolute atomic E-state index is 0.217. The van der Waals surface area contributed by atoms with Crippen LogP contribution in [0.2, 0.25) is 0 Å². The zero-order chi connectivity index (χ0) is 17.3. The molecule has 2 aromatic carbocycles. The van der Waals surface area contributed by atoms with Crippen LogP contribution in [0.4, 0.5) is 0 Å².